The Kier molecular flexibility index (Phi) is 5.33. The number of carbonyl (C=O) groups excluding carboxylic acids is 1. The summed E-state index contributed by atoms with van der Waals surface area (Å²) in [6.07, 6.45) is 0. The van der Waals surface area contributed by atoms with Gasteiger partial charge in [-0.3, -0.25) is 4.79 Å². The first-order chi connectivity index (χ1) is 11.3. The smallest absolute Gasteiger partial charge is 0.321 e. The van der Waals surface area contributed by atoms with Gasteiger partial charge < -0.3 is 9.26 Å². The second-order valence-electron chi connectivity index (χ2n) is 4.95. The molecule has 9 heteroatoms. The Morgan fingerprint density at radius 2 is 2.00 bits per heavy atom. The quantitative estimate of drug-likeness (QED) is 0.777. The van der Waals surface area contributed by atoms with Crippen molar-refractivity contribution in [2.45, 2.75) is 25.3 Å². The minimum absolute atomic E-state index is 0.0163. The van der Waals surface area contributed by atoms with E-state index in [0.29, 0.717) is 11.1 Å². The molecule has 0 aliphatic rings. The molecule has 2 aromatic rings. The van der Waals surface area contributed by atoms with Gasteiger partial charge in [-0.15, -0.1) is 0 Å². The van der Waals surface area contributed by atoms with Crippen LogP contribution in [0, 0.1) is 25.2 Å². The fraction of sp³-hybridized carbons (Fsp3) is 0.267. The highest BCUT2D eigenvalue weighted by Gasteiger charge is 2.24. The van der Waals surface area contributed by atoms with E-state index in [-0.39, 0.29) is 23.0 Å². The maximum Gasteiger partial charge on any atom is 0.321 e. The van der Waals surface area contributed by atoms with E-state index in [9.17, 15) is 13.2 Å². The molecule has 0 spiro atoms. The summed E-state index contributed by atoms with van der Waals surface area (Å²) in [5.74, 6) is -0.583. The molecule has 8 nitrogen and oxygen atoms in total. The summed E-state index contributed by atoms with van der Waals surface area (Å²) in [4.78, 5) is 11.6. The van der Waals surface area contributed by atoms with Gasteiger partial charge in [0.05, 0.1) is 11.6 Å². The first-order valence-electron chi connectivity index (χ1n) is 6.90. The van der Waals surface area contributed by atoms with Crippen LogP contribution in [0.4, 0.5) is 0 Å². The molecule has 0 fully saturated rings. The number of nitriles is 1. The standard InChI is InChI=1S/C15H15N3O5S/c1-10-15(11(2)23-18-10)24(20,21)17-8-14(19)22-9-13-5-3-12(7-16)4-6-13/h3-6,17H,8-9H2,1-2H3. The molecule has 0 bridgehead atoms. The summed E-state index contributed by atoms with van der Waals surface area (Å²) < 4.78 is 36.2. The number of aryl methyl sites for hydroxylation is 2. The largest absolute Gasteiger partial charge is 0.460 e. The molecule has 0 unspecified atom stereocenters. The van der Waals surface area contributed by atoms with Gasteiger partial charge >= 0.3 is 5.97 Å². The van der Waals surface area contributed by atoms with Crippen LogP contribution in [-0.2, 0) is 26.2 Å². The zero-order chi connectivity index (χ0) is 17.7. The van der Waals surface area contributed by atoms with Crippen LogP contribution < -0.4 is 4.72 Å². The second-order valence-corrected chi connectivity index (χ2v) is 6.65. The fourth-order valence-corrected chi connectivity index (χ4v) is 3.27. The first kappa shape index (κ1) is 17.7. The van der Waals surface area contributed by atoms with Gasteiger partial charge in [0.25, 0.3) is 0 Å². The van der Waals surface area contributed by atoms with Crippen molar-refractivity contribution in [2.75, 3.05) is 6.54 Å². The molecule has 0 aliphatic carbocycles. The highest BCUT2D eigenvalue weighted by Crippen LogP contribution is 2.18. The minimum Gasteiger partial charge on any atom is -0.460 e. The highest BCUT2D eigenvalue weighted by atomic mass is 32.2. The summed E-state index contributed by atoms with van der Waals surface area (Å²) in [5.41, 5.74) is 1.40. The Morgan fingerprint density at radius 3 is 2.54 bits per heavy atom. The molecular weight excluding hydrogens is 334 g/mol. The lowest BCUT2D eigenvalue weighted by Crippen LogP contribution is -2.31. The van der Waals surface area contributed by atoms with Gasteiger partial charge in [0.15, 0.2) is 5.76 Å². The highest BCUT2D eigenvalue weighted by molar-refractivity contribution is 7.89. The number of nitrogens with one attached hydrogen (secondary N) is 1. The van der Waals surface area contributed by atoms with Gasteiger partial charge in [-0.2, -0.15) is 9.98 Å². The van der Waals surface area contributed by atoms with Crippen LogP contribution in [0.25, 0.3) is 0 Å². The average molecular weight is 349 g/mol. The molecule has 1 aromatic heterocycles. The van der Waals surface area contributed by atoms with Gasteiger partial charge in [0, 0.05) is 0 Å². The number of hydrogen-bond donors (Lipinski definition) is 1. The van der Waals surface area contributed by atoms with Crippen LogP contribution in [0.15, 0.2) is 33.7 Å². The SMILES string of the molecule is Cc1noc(C)c1S(=O)(=O)NCC(=O)OCc1ccc(C#N)cc1. The maximum absolute atomic E-state index is 12.1. The lowest BCUT2D eigenvalue weighted by Gasteiger charge is -2.07. The van der Waals surface area contributed by atoms with E-state index in [1.54, 1.807) is 24.3 Å². The molecular formula is C15H15N3O5S. The number of sulfonamides is 1. The number of hydrogen-bond acceptors (Lipinski definition) is 7. The molecule has 1 N–H and O–H groups in total. The number of ether oxygens (including phenoxy) is 1. The Balaban J connectivity index is 1.90. The molecule has 0 aliphatic heterocycles. The number of rotatable bonds is 6. The minimum atomic E-state index is -3.91. The Morgan fingerprint density at radius 1 is 1.33 bits per heavy atom. The first-order valence-corrected chi connectivity index (χ1v) is 8.39. The van der Waals surface area contributed by atoms with Crippen molar-refractivity contribution in [1.82, 2.24) is 9.88 Å². The third-order valence-electron chi connectivity index (χ3n) is 3.13. The molecule has 1 heterocycles. The Bertz CT molecular complexity index is 859. The summed E-state index contributed by atoms with van der Waals surface area (Å²) in [5, 5.41) is 12.3. The number of esters is 1. The van der Waals surface area contributed by atoms with Crippen molar-refractivity contribution >= 4 is 16.0 Å². The fourth-order valence-electron chi connectivity index (χ4n) is 1.97. The molecule has 0 atom stereocenters. The van der Waals surface area contributed by atoms with E-state index in [2.05, 4.69) is 9.88 Å². The predicted molar refractivity (Wildman–Crippen MR) is 82.1 cm³/mol. The van der Waals surface area contributed by atoms with E-state index in [1.807, 2.05) is 6.07 Å². The summed E-state index contributed by atoms with van der Waals surface area (Å²) >= 11 is 0. The monoisotopic (exact) mass is 349 g/mol. The number of carbonyl (C=O) groups is 1. The van der Waals surface area contributed by atoms with Crippen molar-refractivity contribution in [2.24, 2.45) is 0 Å². The van der Waals surface area contributed by atoms with E-state index >= 15 is 0 Å². The zero-order valence-electron chi connectivity index (χ0n) is 13.1. The molecule has 24 heavy (non-hydrogen) atoms. The average Bonchev–Trinajstić information content (AvgIpc) is 2.91. The van der Waals surface area contributed by atoms with Crippen LogP contribution in [0.2, 0.25) is 0 Å². The van der Waals surface area contributed by atoms with Crippen molar-refractivity contribution in [3.8, 4) is 6.07 Å². The van der Waals surface area contributed by atoms with E-state index < -0.39 is 22.5 Å². The maximum atomic E-state index is 12.1. The van der Waals surface area contributed by atoms with Gasteiger partial charge in [-0.1, -0.05) is 17.3 Å². The normalized spacial score (nSPS) is 11.0. The topological polar surface area (TPSA) is 122 Å². The predicted octanol–water partition coefficient (Wildman–Crippen LogP) is 1.18. The van der Waals surface area contributed by atoms with Gasteiger partial charge in [0.2, 0.25) is 10.0 Å². The number of nitrogens with zero attached hydrogens (tertiary/aromatic N) is 2. The van der Waals surface area contributed by atoms with Crippen LogP contribution in [0.1, 0.15) is 22.6 Å². The molecule has 0 radical (unpaired) electrons. The van der Waals surface area contributed by atoms with Crippen LogP contribution in [0.3, 0.4) is 0 Å². The van der Waals surface area contributed by atoms with Gasteiger partial charge in [-0.25, -0.2) is 8.42 Å². The number of aromatic nitrogens is 1. The van der Waals surface area contributed by atoms with Crippen molar-refractivity contribution in [3.05, 3.63) is 46.8 Å². The molecule has 0 amide bonds. The van der Waals surface area contributed by atoms with E-state index in [1.165, 1.54) is 13.8 Å². The Labute approximate surface area is 139 Å². The van der Waals surface area contributed by atoms with Gasteiger partial charge in [-0.05, 0) is 31.5 Å². The summed E-state index contributed by atoms with van der Waals surface area (Å²) in [7, 11) is -3.91. The second kappa shape index (κ2) is 7.25. The third-order valence-corrected chi connectivity index (χ3v) is 4.77. The van der Waals surface area contributed by atoms with Crippen molar-refractivity contribution in [1.29, 1.82) is 5.26 Å². The third kappa shape index (κ3) is 4.18. The Hall–Kier alpha value is -2.70. The molecule has 1 aromatic carbocycles. The van der Waals surface area contributed by atoms with Gasteiger partial charge in [0.1, 0.15) is 23.7 Å². The lowest BCUT2D eigenvalue weighted by atomic mass is 10.2. The van der Waals surface area contributed by atoms with Crippen LogP contribution in [-0.4, -0.2) is 26.1 Å². The molecule has 0 saturated heterocycles. The summed E-state index contributed by atoms with van der Waals surface area (Å²) in [6.45, 7) is 2.44. The van der Waals surface area contributed by atoms with Crippen molar-refractivity contribution < 1.29 is 22.5 Å². The number of benzene rings is 1. The van der Waals surface area contributed by atoms with E-state index in [0.717, 1.165) is 0 Å². The lowest BCUT2D eigenvalue weighted by molar-refractivity contribution is -0.143. The zero-order valence-corrected chi connectivity index (χ0v) is 13.9. The molecule has 126 valence electrons. The molecule has 2 rings (SSSR count). The summed E-state index contributed by atoms with van der Waals surface area (Å²) in [6, 6.07) is 8.49. The van der Waals surface area contributed by atoms with Crippen LogP contribution >= 0.6 is 0 Å². The molecule has 0 saturated carbocycles. The van der Waals surface area contributed by atoms with E-state index in [4.69, 9.17) is 14.5 Å². The van der Waals surface area contributed by atoms with Crippen LogP contribution in [0.5, 0.6) is 0 Å². The van der Waals surface area contributed by atoms with Crippen molar-refractivity contribution in [3.63, 3.8) is 0 Å².